The summed E-state index contributed by atoms with van der Waals surface area (Å²) in [6, 6.07) is 0. The number of ether oxygens (including phenoxy) is 2. The van der Waals surface area contributed by atoms with E-state index in [0.717, 1.165) is 11.3 Å². The maximum absolute atomic E-state index is 5.72. The highest BCUT2D eigenvalue weighted by Crippen LogP contribution is 2.27. The van der Waals surface area contributed by atoms with Crippen LogP contribution < -0.4 is 10.6 Å². The number of nitrogen functional groups attached to an aromatic ring is 1. The first-order chi connectivity index (χ1) is 9.22. The summed E-state index contributed by atoms with van der Waals surface area (Å²) >= 11 is 0. The normalized spacial score (nSPS) is 23.4. The molecular weight excluding hydrogens is 248 g/mol. The van der Waals surface area contributed by atoms with Crippen molar-refractivity contribution < 1.29 is 9.47 Å². The monoisotopic (exact) mass is 264 g/mol. The van der Waals surface area contributed by atoms with E-state index < -0.39 is 0 Å². The number of nitrogens with zero attached hydrogens (tertiary/aromatic N) is 4. The summed E-state index contributed by atoms with van der Waals surface area (Å²) in [4.78, 5) is 17.6. The molecule has 19 heavy (non-hydrogen) atoms. The summed E-state index contributed by atoms with van der Waals surface area (Å²) in [6.45, 7) is 1.39. The van der Waals surface area contributed by atoms with Crippen LogP contribution in [0.5, 0.6) is 0 Å². The summed E-state index contributed by atoms with van der Waals surface area (Å²) in [6.07, 6.45) is 1.61. The van der Waals surface area contributed by atoms with E-state index in [0.29, 0.717) is 18.7 Å². The summed E-state index contributed by atoms with van der Waals surface area (Å²) in [5, 5.41) is 0. The molecule has 0 spiro atoms. The fourth-order valence-electron chi connectivity index (χ4n) is 2.43. The third kappa shape index (κ3) is 1.98. The summed E-state index contributed by atoms with van der Waals surface area (Å²) in [5.74, 6) is 0.950. The van der Waals surface area contributed by atoms with Crippen molar-refractivity contribution in [3.8, 4) is 0 Å². The van der Waals surface area contributed by atoms with Crippen LogP contribution in [0.1, 0.15) is 0 Å². The van der Waals surface area contributed by atoms with Gasteiger partial charge in [0, 0.05) is 27.3 Å². The van der Waals surface area contributed by atoms with E-state index in [-0.39, 0.29) is 18.2 Å². The van der Waals surface area contributed by atoms with Gasteiger partial charge >= 0.3 is 0 Å². The van der Waals surface area contributed by atoms with Crippen LogP contribution in [0.15, 0.2) is 6.33 Å². The van der Waals surface area contributed by atoms with Gasteiger partial charge in [-0.2, -0.15) is 9.97 Å². The lowest BCUT2D eigenvalue weighted by atomic mass is 10.3. The first kappa shape index (κ1) is 12.1. The number of fused-ring (bicyclic) bond motifs is 1. The Hall–Kier alpha value is -1.93. The van der Waals surface area contributed by atoms with Crippen molar-refractivity contribution in [2.24, 2.45) is 0 Å². The maximum Gasteiger partial charge on any atom is 0.224 e. The average molecular weight is 264 g/mol. The molecule has 1 aliphatic heterocycles. The molecule has 3 heterocycles. The highest BCUT2D eigenvalue weighted by atomic mass is 16.5. The van der Waals surface area contributed by atoms with Gasteiger partial charge in [0.05, 0.1) is 6.33 Å². The lowest BCUT2D eigenvalue weighted by molar-refractivity contribution is -0.00461. The first-order valence-corrected chi connectivity index (χ1v) is 6.00. The van der Waals surface area contributed by atoms with E-state index in [1.54, 1.807) is 20.5 Å². The molecule has 2 aromatic rings. The summed E-state index contributed by atoms with van der Waals surface area (Å²) in [5.41, 5.74) is 7.07. The van der Waals surface area contributed by atoms with Crippen LogP contribution >= 0.6 is 0 Å². The Labute approximate surface area is 109 Å². The fourth-order valence-corrected chi connectivity index (χ4v) is 2.43. The van der Waals surface area contributed by atoms with Gasteiger partial charge in [0.2, 0.25) is 5.95 Å². The Morgan fingerprint density at radius 2 is 1.95 bits per heavy atom. The molecule has 2 aromatic heterocycles. The van der Waals surface area contributed by atoms with Gasteiger partial charge in [-0.3, -0.25) is 0 Å². The Bertz CT molecular complexity index is 574. The highest BCUT2D eigenvalue weighted by Gasteiger charge is 2.34. The molecule has 2 atom stereocenters. The van der Waals surface area contributed by atoms with Gasteiger partial charge in [0.25, 0.3) is 0 Å². The van der Waals surface area contributed by atoms with Crippen molar-refractivity contribution >= 4 is 22.9 Å². The molecule has 1 fully saturated rings. The Morgan fingerprint density at radius 1 is 1.26 bits per heavy atom. The molecule has 8 nitrogen and oxygen atoms in total. The Morgan fingerprint density at radius 3 is 2.58 bits per heavy atom. The zero-order chi connectivity index (χ0) is 13.4. The Balaban J connectivity index is 1.99. The van der Waals surface area contributed by atoms with Crippen LogP contribution in [-0.2, 0) is 9.47 Å². The number of nitrogens with two attached hydrogens (primary N) is 1. The van der Waals surface area contributed by atoms with Gasteiger partial charge in [-0.15, -0.1) is 0 Å². The lowest BCUT2D eigenvalue weighted by Gasteiger charge is -2.17. The molecule has 0 aromatic carbocycles. The first-order valence-electron chi connectivity index (χ1n) is 6.00. The van der Waals surface area contributed by atoms with E-state index in [9.17, 15) is 0 Å². The highest BCUT2D eigenvalue weighted by molar-refractivity contribution is 5.84. The number of hydrogen-bond donors (Lipinski definition) is 2. The molecule has 3 N–H and O–H groups in total. The van der Waals surface area contributed by atoms with E-state index >= 15 is 0 Å². The third-order valence-electron chi connectivity index (χ3n) is 3.40. The number of imidazole rings is 1. The van der Waals surface area contributed by atoms with E-state index in [4.69, 9.17) is 15.2 Å². The predicted molar refractivity (Wildman–Crippen MR) is 69.9 cm³/mol. The van der Waals surface area contributed by atoms with Gasteiger partial charge in [-0.25, -0.2) is 4.98 Å². The zero-order valence-corrected chi connectivity index (χ0v) is 10.8. The van der Waals surface area contributed by atoms with Crippen molar-refractivity contribution in [2.45, 2.75) is 12.2 Å². The van der Waals surface area contributed by atoms with Gasteiger partial charge in [0.1, 0.15) is 17.7 Å². The van der Waals surface area contributed by atoms with Crippen LogP contribution in [0.4, 0.5) is 11.8 Å². The number of aromatic amines is 1. The van der Waals surface area contributed by atoms with Crippen molar-refractivity contribution in [1.82, 2.24) is 19.9 Å². The van der Waals surface area contributed by atoms with Crippen molar-refractivity contribution in [1.29, 1.82) is 0 Å². The van der Waals surface area contributed by atoms with Gasteiger partial charge in [0.15, 0.2) is 11.5 Å². The van der Waals surface area contributed by atoms with Gasteiger partial charge < -0.3 is 25.1 Å². The molecule has 2 unspecified atom stereocenters. The van der Waals surface area contributed by atoms with Crippen molar-refractivity contribution in [2.75, 3.05) is 37.9 Å². The SMILES string of the molecule is COC1CN(c2nc(N)nc3nc[nH]c23)CC1OC. The van der Waals surface area contributed by atoms with Crippen LogP contribution in [0, 0.1) is 0 Å². The van der Waals surface area contributed by atoms with Crippen LogP contribution in [0.25, 0.3) is 11.2 Å². The lowest BCUT2D eigenvalue weighted by Crippen LogP contribution is -2.27. The van der Waals surface area contributed by atoms with E-state index in [1.807, 2.05) is 0 Å². The maximum atomic E-state index is 5.72. The van der Waals surface area contributed by atoms with E-state index in [2.05, 4.69) is 24.8 Å². The third-order valence-corrected chi connectivity index (χ3v) is 3.40. The largest absolute Gasteiger partial charge is 0.377 e. The molecule has 1 aliphatic rings. The molecule has 0 saturated carbocycles. The van der Waals surface area contributed by atoms with Gasteiger partial charge in [-0.05, 0) is 0 Å². The molecule has 0 bridgehead atoms. The predicted octanol–water partition coefficient (Wildman–Crippen LogP) is -0.215. The number of nitrogens with one attached hydrogen (secondary N) is 1. The minimum atomic E-state index is 0.0131. The Kier molecular flexibility index (Phi) is 2.96. The topological polar surface area (TPSA) is 102 Å². The molecule has 1 saturated heterocycles. The summed E-state index contributed by atoms with van der Waals surface area (Å²) < 4.78 is 10.8. The molecular formula is C11H16N6O2. The standard InChI is InChI=1S/C11H16N6O2/c1-18-6-3-17(4-7(6)19-2)10-8-9(14-5-13-8)15-11(12)16-10/h5-7H,3-4H2,1-2H3,(H3,12,13,14,15,16). The smallest absolute Gasteiger partial charge is 0.224 e. The minimum Gasteiger partial charge on any atom is -0.377 e. The van der Waals surface area contributed by atoms with Crippen molar-refractivity contribution in [3.05, 3.63) is 6.33 Å². The molecule has 0 amide bonds. The molecule has 8 heteroatoms. The zero-order valence-electron chi connectivity index (χ0n) is 10.8. The fraction of sp³-hybridized carbons (Fsp3) is 0.545. The van der Waals surface area contributed by atoms with Crippen molar-refractivity contribution in [3.63, 3.8) is 0 Å². The number of methoxy groups -OCH3 is 2. The average Bonchev–Trinajstić information content (AvgIpc) is 3.02. The molecule has 102 valence electrons. The second kappa shape index (κ2) is 4.63. The van der Waals surface area contributed by atoms with Crippen LogP contribution in [0.2, 0.25) is 0 Å². The summed E-state index contributed by atoms with van der Waals surface area (Å²) in [7, 11) is 3.36. The molecule has 0 aliphatic carbocycles. The number of aromatic nitrogens is 4. The molecule has 0 radical (unpaired) electrons. The van der Waals surface area contributed by atoms with Crippen LogP contribution in [0.3, 0.4) is 0 Å². The quantitative estimate of drug-likeness (QED) is 0.790. The number of hydrogen-bond acceptors (Lipinski definition) is 7. The molecule has 3 rings (SSSR count). The number of H-pyrrole nitrogens is 1. The minimum absolute atomic E-state index is 0.0131. The van der Waals surface area contributed by atoms with E-state index in [1.165, 1.54) is 0 Å². The number of anilines is 2. The second-order valence-corrected chi connectivity index (χ2v) is 4.46. The second-order valence-electron chi connectivity index (χ2n) is 4.46. The van der Waals surface area contributed by atoms with Crippen LogP contribution in [-0.4, -0.2) is 59.5 Å². The van der Waals surface area contributed by atoms with Gasteiger partial charge in [-0.1, -0.05) is 0 Å². The number of rotatable bonds is 3.